The Labute approximate surface area is 121 Å². The number of halogens is 1. The van der Waals surface area contributed by atoms with E-state index >= 15 is 0 Å². The van der Waals surface area contributed by atoms with Crippen molar-refractivity contribution in [3.63, 3.8) is 0 Å². The van der Waals surface area contributed by atoms with Crippen molar-refractivity contribution < 1.29 is 14.7 Å². The minimum atomic E-state index is -1.00. The van der Waals surface area contributed by atoms with Gasteiger partial charge in [-0.25, -0.2) is 4.79 Å². The van der Waals surface area contributed by atoms with E-state index in [0.29, 0.717) is 11.3 Å². The van der Waals surface area contributed by atoms with E-state index in [4.69, 9.17) is 22.0 Å². The number of hydrogen-bond donors (Lipinski definition) is 3. The summed E-state index contributed by atoms with van der Waals surface area (Å²) in [6.07, 6.45) is -0.200. The van der Waals surface area contributed by atoms with Gasteiger partial charge in [0.1, 0.15) is 6.07 Å². The highest BCUT2D eigenvalue weighted by Gasteiger charge is 2.23. The maximum Gasteiger partial charge on any atom is 0.319 e. The number of rotatable bonds is 4. The number of anilines is 1. The van der Waals surface area contributed by atoms with Crippen molar-refractivity contribution in [2.75, 3.05) is 5.32 Å². The molecular formula is C13H14ClN3O3. The maximum absolute atomic E-state index is 11.8. The topological polar surface area (TPSA) is 102 Å². The van der Waals surface area contributed by atoms with Crippen LogP contribution in [0.4, 0.5) is 10.5 Å². The van der Waals surface area contributed by atoms with Gasteiger partial charge in [0, 0.05) is 11.2 Å². The summed E-state index contributed by atoms with van der Waals surface area (Å²) in [6, 6.07) is 5.84. The Morgan fingerprint density at radius 3 is 2.60 bits per heavy atom. The molecule has 0 unspecified atom stereocenters. The van der Waals surface area contributed by atoms with Gasteiger partial charge in [0.25, 0.3) is 0 Å². The van der Waals surface area contributed by atoms with Gasteiger partial charge in [0.05, 0.1) is 17.0 Å². The number of nitrogens with zero attached hydrogens (tertiary/aromatic N) is 1. The number of carbonyl (C=O) groups is 2. The molecule has 0 saturated carbocycles. The highest BCUT2D eigenvalue weighted by molar-refractivity contribution is 6.32. The second-order valence-corrected chi connectivity index (χ2v) is 5.25. The Balaban J connectivity index is 2.70. The normalized spacial score (nSPS) is 10.5. The number of carbonyl (C=O) groups excluding carboxylic acids is 1. The van der Waals surface area contributed by atoms with Gasteiger partial charge in [-0.2, -0.15) is 5.26 Å². The predicted octanol–water partition coefficient (Wildman–Crippen LogP) is 2.59. The summed E-state index contributed by atoms with van der Waals surface area (Å²) in [5.74, 6) is -1.00. The molecule has 0 fully saturated rings. The van der Waals surface area contributed by atoms with Gasteiger partial charge in [-0.15, -0.1) is 0 Å². The van der Waals surface area contributed by atoms with E-state index in [1.54, 1.807) is 13.8 Å². The van der Waals surface area contributed by atoms with E-state index in [9.17, 15) is 9.59 Å². The zero-order valence-corrected chi connectivity index (χ0v) is 11.8. The summed E-state index contributed by atoms with van der Waals surface area (Å²) in [5.41, 5.74) is -0.159. The molecule has 3 N–H and O–H groups in total. The maximum atomic E-state index is 11.8. The van der Waals surface area contributed by atoms with Crippen LogP contribution in [0.3, 0.4) is 0 Å². The van der Waals surface area contributed by atoms with Crippen molar-refractivity contribution in [1.29, 1.82) is 5.26 Å². The molecular weight excluding hydrogens is 282 g/mol. The van der Waals surface area contributed by atoms with Gasteiger partial charge in [0.15, 0.2) is 0 Å². The Bertz CT molecular complexity index is 579. The number of carboxylic acid groups (broad SMARTS) is 1. The molecule has 1 aromatic rings. The number of nitrogens with one attached hydrogen (secondary N) is 2. The average molecular weight is 296 g/mol. The van der Waals surface area contributed by atoms with Crippen LogP contribution in [0, 0.1) is 11.3 Å². The quantitative estimate of drug-likeness (QED) is 0.794. The lowest BCUT2D eigenvalue weighted by molar-refractivity contribution is -0.138. The van der Waals surface area contributed by atoms with Crippen LogP contribution in [-0.2, 0) is 4.79 Å². The second-order valence-electron chi connectivity index (χ2n) is 4.84. The van der Waals surface area contributed by atoms with Crippen LogP contribution < -0.4 is 10.6 Å². The van der Waals surface area contributed by atoms with E-state index in [1.807, 2.05) is 6.07 Å². The molecule has 106 valence electrons. The van der Waals surface area contributed by atoms with Crippen LogP contribution in [0.15, 0.2) is 18.2 Å². The number of nitriles is 1. The van der Waals surface area contributed by atoms with E-state index in [1.165, 1.54) is 18.2 Å². The first-order valence-electron chi connectivity index (χ1n) is 5.74. The Morgan fingerprint density at radius 2 is 2.10 bits per heavy atom. The monoisotopic (exact) mass is 295 g/mol. The van der Waals surface area contributed by atoms with Crippen LogP contribution >= 0.6 is 11.6 Å². The first-order chi connectivity index (χ1) is 9.23. The van der Waals surface area contributed by atoms with Crippen LogP contribution in [0.25, 0.3) is 0 Å². The first-order valence-corrected chi connectivity index (χ1v) is 6.12. The Kier molecular flexibility index (Phi) is 4.94. The summed E-state index contributed by atoms with van der Waals surface area (Å²) in [7, 11) is 0. The second kappa shape index (κ2) is 6.26. The van der Waals surface area contributed by atoms with Crippen molar-refractivity contribution >= 4 is 29.3 Å². The number of amides is 2. The zero-order valence-electron chi connectivity index (χ0n) is 11.0. The third kappa shape index (κ3) is 4.78. The summed E-state index contributed by atoms with van der Waals surface area (Å²) < 4.78 is 0. The van der Waals surface area contributed by atoms with Crippen LogP contribution in [0.2, 0.25) is 5.02 Å². The molecule has 0 aliphatic carbocycles. The molecule has 0 radical (unpaired) electrons. The molecule has 0 spiro atoms. The van der Waals surface area contributed by atoms with Gasteiger partial charge in [-0.1, -0.05) is 11.6 Å². The summed E-state index contributed by atoms with van der Waals surface area (Å²) in [4.78, 5) is 22.4. The lowest BCUT2D eigenvalue weighted by Gasteiger charge is -2.24. The first kappa shape index (κ1) is 15.8. The van der Waals surface area contributed by atoms with Crippen molar-refractivity contribution in [2.24, 2.45) is 0 Å². The fourth-order valence-corrected chi connectivity index (χ4v) is 1.80. The lowest BCUT2D eigenvalue weighted by Crippen LogP contribution is -2.46. The van der Waals surface area contributed by atoms with E-state index in [2.05, 4.69) is 10.6 Å². The van der Waals surface area contributed by atoms with Gasteiger partial charge in [-0.05, 0) is 32.0 Å². The lowest BCUT2D eigenvalue weighted by atomic mass is 10.0. The van der Waals surface area contributed by atoms with Crippen LogP contribution in [-0.4, -0.2) is 22.6 Å². The molecule has 2 amide bonds. The molecule has 20 heavy (non-hydrogen) atoms. The highest BCUT2D eigenvalue weighted by atomic mass is 35.5. The molecule has 0 aromatic heterocycles. The van der Waals surface area contributed by atoms with E-state index in [-0.39, 0.29) is 11.4 Å². The van der Waals surface area contributed by atoms with Gasteiger partial charge in [0.2, 0.25) is 0 Å². The number of hydrogen-bond acceptors (Lipinski definition) is 3. The van der Waals surface area contributed by atoms with Crippen LogP contribution in [0.5, 0.6) is 0 Å². The molecule has 0 bridgehead atoms. The minimum Gasteiger partial charge on any atom is -0.481 e. The molecule has 0 aliphatic heterocycles. The molecule has 0 saturated heterocycles. The van der Waals surface area contributed by atoms with Crippen molar-refractivity contribution in [3.05, 3.63) is 28.8 Å². The van der Waals surface area contributed by atoms with E-state index in [0.717, 1.165) is 0 Å². The third-order valence-electron chi connectivity index (χ3n) is 2.39. The fourth-order valence-electron chi connectivity index (χ4n) is 1.58. The van der Waals surface area contributed by atoms with Crippen molar-refractivity contribution in [3.8, 4) is 6.07 Å². The minimum absolute atomic E-state index is 0.200. The zero-order chi connectivity index (χ0) is 15.3. The van der Waals surface area contributed by atoms with Crippen LogP contribution in [0.1, 0.15) is 25.8 Å². The molecule has 0 atom stereocenters. The summed E-state index contributed by atoms with van der Waals surface area (Å²) in [5, 5.41) is 22.8. The van der Waals surface area contributed by atoms with Crippen molar-refractivity contribution in [1.82, 2.24) is 5.32 Å². The number of carboxylic acids is 1. The largest absolute Gasteiger partial charge is 0.481 e. The predicted molar refractivity (Wildman–Crippen MR) is 74.7 cm³/mol. The summed E-state index contributed by atoms with van der Waals surface area (Å²) in [6.45, 7) is 3.21. The van der Waals surface area contributed by atoms with Gasteiger partial charge >= 0.3 is 12.0 Å². The van der Waals surface area contributed by atoms with Gasteiger partial charge in [-0.3, -0.25) is 4.79 Å². The van der Waals surface area contributed by atoms with Crippen molar-refractivity contribution in [2.45, 2.75) is 25.8 Å². The molecule has 7 heteroatoms. The van der Waals surface area contributed by atoms with Gasteiger partial charge < -0.3 is 15.7 Å². The Hall–Kier alpha value is -2.26. The Morgan fingerprint density at radius 1 is 1.45 bits per heavy atom. The average Bonchev–Trinajstić information content (AvgIpc) is 2.25. The molecule has 0 aliphatic rings. The number of benzene rings is 1. The SMILES string of the molecule is CC(C)(CC(=O)O)NC(=O)Nc1ccc(C#N)c(Cl)c1. The molecule has 6 nitrogen and oxygen atoms in total. The van der Waals surface area contributed by atoms with E-state index < -0.39 is 17.5 Å². The fraction of sp³-hybridized carbons (Fsp3) is 0.308. The molecule has 1 rings (SSSR count). The molecule has 0 heterocycles. The summed E-state index contributed by atoms with van der Waals surface area (Å²) >= 11 is 5.84. The third-order valence-corrected chi connectivity index (χ3v) is 2.71. The molecule has 1 aromatic carbocycles. The standard InChI is InChI=1S/C13H14ClN3O3/c1-13(2,6-11(18)19)17-12(20)16-9-4-3-8(7-15)10(14)5-9/h3-5H,6H2,1-2H3,(H,18,19)(H2,16,17,20). The smallest absolute Gasteiger partial charge is 0.319 e. The number of aliphatic carboxylic acids is 1. The highest BCUT2D eigenvalue weighted by Crippen LogP contribution is 2.20. The number of urea groups is 1.